The third-order valence-corrected chi connectivity index (χ3v) is 4.21. The summed E-state index contributed by atoms with van der Waals surface area (Å²) in [5, 5.41) is 0. The Bertz CT molecular complexity index is 374. The van der Waals surface area contributed by atoms with Gasteiger partial charge in [0.25, 0.3) is 0 Å². The lowest BCUT2D eigenvalue weighted by Crippen LogP contribution is -2.27. The predicted octanol–water partition coefficient (Wildman–Crippen LogP) is 5.07. The third kappa shape index (κ3) is 3.79. The molecule has 2 atom stereocenters. The summed E-state index contributed by atoms with van der Waals surface area (Å²) in [6, 6.07) is 4.94. The summed E-state index contributed by atoms with van der Waals surface area (Å²) in [4.78, 5) is 0. The molecule has 0 amide bonds. The fraction of sp³-hybridized carbons (Fsp3) is 0.600. The van der Waals surface area contributed by atoms with E-state index in [1.54, 1.807) is 6.07 Å². The quantitative estimate of drug-likeness (QED) is 0.753. The molecule has 0 aliphatic heterocycles. The number of ether oxygens (including phenoxy) is 1. The Morgan fingerprint density at radius 2 is 2.06 bits per heavy atom. The van der Waals surface area contributed by atoms with Crippen molar-refractivity contribution < 1.29 is 9.13 Å². The smallest absolute Gasteiger partial charge is 0.124 e. The van der Waals surface area contributed by atoms with E-state index in [1.807, 2.05) is 6.07 Å². The molecular formula is C15H20BrFO. The standard InChI is InChI=1S/C15H20BrFO/c1-2-12-5-3-4-6-15(12)18-10-11-7-13(16)9-14(17)8-11/h7-9,12,15H,2-6,10H2,1H3. The molecule has 1 aromatic rings. The van der Waals surface area contributed by atoms with Crippen molar-refractivity contribution in [3.63, 3.8) is 0 Å². The van der Waals surface area contributed by atoms with Gasteiger partial charge in [0.1, 0.15) is 5.82 Å². The molecule has 100 valence electrons. The summed E-state index contributed by atoms with van der Waals surface area (Å²) < 4.78 is 20.0. The lowest BCUT2D eigenvalue weighted by atomic mass is 9.85. The van der Waals surface area contributed by atoms with E-state index in [0.29, 0.717) is 18.6 Å². The normalized spacial score (nSPS) is 24.2. The first-order valence-electron chi connectivity index (χ1n) is 6.75. The van der Waals surface area contributed by atoms with E-state index in [4.69, 9.17) is 4.74 Å². The van der Waals surface area contributed by atoms with Gasteiger partial charge in [-0.15, -0.1) is 0 Å². The van der Waals surface area contributed by atoms with E-state index >= 15 is 0 Å². The molecule has 0 spiro atoms. The van der Waals surface area contributed by atoms with E-state index in [1.165, 1.54) is 31.7 Å². The maximum atomic E-state index is 13.3. The first-order chi connectivity index (χ1) is 8.69. The third-order valence-electron chi connectivity index (χ3n) is 3.75. The van der Waals surface area contributed by atoms with E-state index in [2.05, 4.69) is 22.9 Å². The summed E-state index contributed by atoms with van der Waals surface area (Å²) in [7, 11) is 0. The van der Waals surface area contributed by atoms with Crippen LogP contribution in [-0.4, -0.2) is 6.10 Å². The lowest BCUT2D eigenvalue weighted by molar-refractivity contribution is -0.0222. The molecular weight excluding hydrogens is 295 g/mol. The molecule has 0 bridgehead atoms. The highest BCUT2D eigenvalue weighted by atomic mass is 79.9. The summed E-state index contributed by atoms with van der Waals surface area (Å²) in [5.41, 5.74) is 0.905. The van der Waals surface area contributed by atoms with Crippen molar-refractivity contribution in [2.75, 3.05) is 0 Å². The van der Waals surface area contributed by atoms with Crippen molar-refractivity contribution in [2.45, 2.75) is 51.7 Å². The molecule has 0 heterocycles. The highest BCUT2D eigenvalue weighted by molar-refractivity contribution is 9.10. The number of hydrogen-bond acceptors (Lipinski definition) is 1. The Balaban J connectivity index is 1.93. The fourth-order valence-corrected chi connectivity index (χ4v) is 3.27. The van der Waals surface area contributed by atoms with Gasteiger partial charge in [-0.3, -0.25) is 0 Å². The van der Waals surface area contributed by atoms with Gasteiger partial charge in [-0.1, -0.05) is 42.1 Å². The Labute approximate surface area is 117 Å². The van der Waals surface area contributed by atoms with Crippen LogP contribution >= 0.6 is 15.9 Å². The molecule has 0 aromatic heterocycles. The summed E-state index contributed by atoms with van der Waals surface area (Å²) in [5.74, 6) is 0.467. The second-order valence-electron chi connectivity index (χ2n) is 5.08. The van der Waals surface area contributed by atoms with Gasteiger partial charge in [0, 0.05) is 4.47 Å². The van der Waals surface area contributed by atoms with Gasteiger partial charge in [0.15, 0.2) is 0 Å². The molecule has 1 aliphatic carbocycles. The summed E-state index contributed by atoms with van der Waals surface area (Å²) in [6.07, 6.45) is 6.53. The van der Waals surface area contributed by atoms with Crippen molar-refractivity contribution in [1.29, 1.82) is 0 Å². The SMILES string of the molecule is CCC1CCCCC1OCc1cc(F)cc(Br)c1. The first kappa shape index (κ1) is 14.0. The molecule has 2 rings (SSSR count). The van der Waals surface area contributed by atoms with Crippen LogP contribution in [0.3, 0.4) is 0 Å². The van der Waals surface area contributed by atoms with Crippen LogP contribution in [0, 0.1) is 11.7 Å². The largest absolute Gasteiger partial charge is 0.373 e. The second-order valence-corrected chi connectivity index (χ2v) is 6.00. The van der Waals surface area contributed by atoms with Crippen LogP contribution in [0.2, 0.25) is 0 Å². The van der Waals surface area contributed by atoms with Gasteiger partial charge in [-0.2, -0.15) is 0 Å². The van der Waals surface area contributed by atoms with Crippen LogP contribution in [0.1, 0.15) is 44.6 Å². The highest BCUT2D eigenvalue weighted by Gasteiger charge is 2.24. The average Bonchev–Trinajstić information content (AvgIpc) is 2.35. The Kier molecular flexibility index (Phi) is 5.19. The van der Waals surface area contributed by atoms with Crippen LogP contribution in [-0.2, 0) is 11.3 Å². The van der Waals surface area contributed by atoms with Gasteiger partial charge in [0.05, 0.1) is 12.7 Å². The molecule has 0 N–H and O–H groups in total. The van der Waals surface area contributed by atoms with Crippen molar-refractivity contribution >= 4 is 15.9 Å². The number of halogens is 2. The lowest BCUT2D eigenvalue weighted by Gasteiger charge is -2.30. The first-order valence-corrected chi connectivity index (χ1v) is 7.55. The summed E-state index contributed by atoms with van der Waals surface area (Å²) in [6.45, 7) is 2.74. The van der Waals surface area contributed by atoms with Crippen molar-refractivity contribution in [3.8, 4) is 0 Å². The molecule has 2 unspecified atom stereocenters. The molecule has 1 nitrogen and oxygen atoms in total. The van der Waals surface area contributed by atoms with Gasteiger partial charge in [-0.25, -0.2) is 4.39 Å². The maximum Gasteiger partial charge on any atom is 0.124 e. The van der Waals surface area contributed by atoms with Crippen LogP contribution in [0.15, 0.2) is 22.7 Å². The van der Waals surface area contributed by atoms with Gasteiger partial charge in [-0.05, 0) is 42.5 Å². The Hall–Kier alpha value is -0.410. The van der Waals surface area contributed by atoms with Gasteiger partial charge in [0.2, 0.25) is 0 Å². The molecule has 1 saturated carbocycles. The van der Waals surface area contributed by atoms with Crippen molar-refractivity contribution in [2.24, 2.45) is 5.92 Å². The predicted molar refractivity (Wildman–Crippen MR) is 74.9 cm³/mol. The minimum absolute atomic E-state index is 0.210. The van der Waals surface area contributed by atoms with E-state index in [9.17, 15) is 4.39 Å². The van der Waals surface area contributed by atoms with Crippen LogP contribution in [0.4, 0.5) is 4.39 Å². The number of benzene rings is 1. The molecule has 3 heteroatoms. The number of hydrogen-bond donors (Lipinski definition) is 0. The minimum Gasteiger partial charge on any atom is -0.373 e. The monoisotopic (exact) mass is 314 g/mol. The topological polar surface area (TPSA) is 9.23 Å². The van der Waals surface area contributed by atoms with Crippen LogP contribution < -0.4 is 0 Å². The Morgan fingerprint density at radius 1 is 1.28 bits per heavy atom. The molecule has 1 aromatic carbocycles. The van der Waals surface area contributed by atoms with Crippen molar-refractivity contribution in [1.82, 2.24) is 0 Å². The van der Waals surface area contributed by atoms with E-state index in [-0.39, 0.29) is 5.82 Å². The van der Waals surface area contributed by atoms with Gasteiger partial charge < -0.3 is 4.74 Å². The minimum atomic E-state index is -0.210. The van der Waals surface area contributed by atoms with E-state index < -0.39 is 0 Å². The number of rotatable bonds is 4. The Morgan fingerprint density at radius 3 is 2.78 bits per heavy atom. The molecule has 1 fully saturated rings. The zero-order valence-electron chi connectivity index (χ0n) is 10.8. The molecule has 1 aliphatic rings. The highest BCUT2D eigenvalue weighted by Crippen LogP contribution is 2.30. The second kappa shape index (κ2) is 6.67. The fourth-order valence-electron chi connectivity index (χ4n) is 2.76. The van der Waals surface area contributed by atoms with Crippen LogP contribution in [0.25, 0.3) is 0 Å². The van der Waals surface area contributed by atoms with E-state index in [0.717, 1.165) is 16.5 Å². The maximum absolute atomic E-state index is 13.3. The molecule has 0 radical (unpaired) electrons. The zero-order valence-corrected chi connectivity index (χ0v) is 12.4. The van der Waals surface area contributed by atoms with Crippen LogP contribution in [0.5, 0.6) is 0 Å². The zero-order chi connectivity index (χ0) is 13.0. The molecule has 0 saturated heterocycles. The molecule has 18 heavy (non-hydrogen) atoms. The average molecular weight is 315 g/mol. The van der Waals surface area contributed by atoms with Crippen molar-refractivity contribution in [3.05, 3.63) is 34.1 Å². The van der Waals surface area contributed by atoms with Gasteiger partial charge >= 0.3 is 0 Å². The summed E-state index contributed by atoms with van der Waals surface area (Å²) >= 11 is 3.31.